The normalized spacial score (nSPS) is 9.88. The van der Waals surface area contributed by atoms with Gasteiger partial charge in [0.2, 0.25) is 5.06 Å². The lowest BCUT2D eigenvalue weighted by atomic mass is 10.3. The van der Waals surface area contributed by atoms with E-state index in [1.807, 2.05) is 0 Å². The van der Waals surface area contributed by atoms with Crippen molar-refractivity contribution in [3.05, 3.63) is 30.5 Å². The zero-order valence-electron chi connectivity index (χ0n) is 8.58. The Morgan fingerprint density at radius 1 is 1.41 bits per heavy atom. The quantitative estimate of drug-likeness (QED) is 0.728. The monoisotopic (exact) mass is 251 g/mol. The van der Waals surface area contributed by atoms with E-state index in [0.717, 1.165) is 11.3 Å². The van der Waals surface area contributed by atoms with Gasteiger partial charge in [-0.2, -0.15) is 0 Å². The topological polar surface area (TPSA) is 97.5 Å². The second-order valence-electron chi connectivity index (χ2n) is 3.09. The number of carbonyl (C=O) groups is 1. The van der Waals surface area contributed by atoms with Gasteiger partial charge >= 0.3 is 6.09 Å². The number of hydrogen-bond acceptors (Lipinski definition) is 5. The van der Waals surface area contributed by atoms with Gasteiger partial charge in [0, 0.05) is 5.69 Å². The van der Waals surface area contributed by atoms with Gasteiger partial charge in [-0.3, -0.25) is 5.32 Å². The molecule has 1 heterocycles. The van der Waals surface area contributed by atoms with E-state index < -0.39 is 6.09 Å². The van der Waals surface area contributed by atoms with Gasteiger partial charge in [0.1, 0.15) is 5.75 Å². The maximum atomic E-state index is 10.4. The van der Waals surface area contributed by atoms with E-state index in [9.17, 15) is 4.79 Å². The van der Waals surface area contributed by atoms with Gasteiger partial charge in [-0.25, -0.2) is 9.78 Å². The van der Waals surface area contributed by atoms with Crippen LogP contribution >= 0.6 is 11.3 Å². The minimum absolute atomic E-state index is 0.267. The number of amides is 1. The Hall–Kier alpha value is -2.28. The smallest absolute Gasteiger partial charge is 0.410 e. The van der Waals surface area contributed by atoms with E-state index in [4.69, 9.17) is 15.6 Å². The number of aromatic nitrogens is 1. The molecule has 0 spiro atoms. The first-order valence-corrected chi connectivity index (χ1v) is 5.44. The Kier molecular flexibility index (Phi) is 3.10. The number of thiazole rings is 1. The fraction of sp³-hybridized carbons (Fsp3) is 0. The van der Waals surface area contributed by atoms with Crippen LogP contribution in [-0.4, -0.2) is 16.2 Å². The molecule has 0 radical (unpaired) electrons. The van der Waals surface area contributed by atoms with Crippen LogP contribution < -0.4 is 15.8 Å². The summed E-state index contributed by atoms with van der Waals surface area (Å²) >= 11 is 1.10. The number of carboxylic acid groups (broad SMARTS) is 1. The molecule has 1 aromatic carbocycles. The number of nitrogens with zero attached hydrogens (tertiary/aromatic N) is 1. The molecular weight excluding hydrogens is 242 g/mol. The highest BCUT2D eigenvalue weighted by Crippen LogP contribution is 2.30. The van der Waals surface area contributed by atoms with Crippen LogP contribution in [0.15, 0.2) is 30.5 Å². The summed E-state index contributed by atoms with van der Waals surface area (Å²) in [5, 5.41) is 11.4. The molecule has 88 valence electrons. The second-order valence-corrected chi connectivity index (χ2v) is 4.08. The summed E-state index contributed by atoms with van der Waals surface area (Å²) in [6.07, 6.45) is 0.296. The molecule has 0 aliphatic heterocycles. The van der Waals surface area contributed by atoms with E-state index in [1.54, 1.807) is 24.3 Å². The van der Waals surface area contributed by atoms with Crippen LogP contribution in [0.1, 0.15) is 0 Å². The Labute approximate surface area is 101 Å². The zero-order valence-corrected chi connectivity index (χ0v) is 9.40. The number of nitrogen functional groups attached to an aromatic ring is 1. The Bertz CT molecular complexity index is 524. The number of hydrogen-bond donors (Lipinski definition) is 3. The number of anilines is 2. The predicted octanol–water partition coefficient (Wildman–Crippen LogP) is 2.61. The lowest BCUT2D eigenvalue weighted by Gasteiger charge is -2.01. The molecule has 1 amide bonds. The highest BCUT2D eigenvalue weighted by molar-refractivity contribution is 7.17. The SMILES string of the molecule is Nc1ccc(Oc2cnc(NC(=O)O)s2)cc1. The second kappa shape index (κ2) is 4.71. The van der Waals surface area contributed by atoms with E-state index in [-0.39, 0.29) is 5.13 Å². The van der Waals surface area contributed by atoms with Crippen LogP contribution in [0.5, 0.6) is 10.8 Å². The molecule has 0 aliphatic rings. The summed E-state index contributed by atoms with van der Waals surface area (Å²) in [6, 6.07) is 6.87. The van der Waals surface area contributed by atoms with Crippen LogP contribution in [0.25, 0.3) is 0 Å². The Morgan fingerprint density at radius 3 is 2.76 bits per heavy atom. The molecule has 7 heteroatoms. The lowest BCUT2D eigenvalue weighted by Crippen LogP contribution is -2.06. The minimum Gasteiger partial charge on any atom is -0.465 e. The van der Waals surface area contributed by atoms with Gasteiger partial charge < -0.3 is 15.6 Å². The average molecular weight is 251 g/mol. The number of rotatable bonds is 3. The summed E-state index contributed by atoms with van der Waals surface area (Å²) in [7, 11) is 0. The van der Waals surface area contributed by atoms with Crippen molar-refractivity contribution in [3.63, 3.8) is 0 Å². The van der Waals surface area contributed by atoms with Crippen LogP contribution in [0.4, 0.5) is 15.6 Å². The van der Waals surface area contributed by atoms with Crippen molar-refractivity contribution < 1.29 is 14.6 Å². The minimum atomic E-state index is -1.15. The van der Waals surface area contributed by atoms with E-state index in [0.29, 0.717) is 16.5 Å². The van der Waals surface area contributed by atoms with Gasteiger partial charge in [-0.1, -0.05) is 11.3 Å². The third-order valence-corrected chi connectivity index (χ3v) is 2.59. The first-order chi connectivity index (χ1) is 8.13. The van der Waals surface area contributed by atoms with Crippen molar-refractivity contribution in [2.45, 2.75) is 0 Å². The van der Waals surface area contributed by atoms with E-state index >= 15 is 0 Å². The third-order valence-electron chi connectivity index (χ3n) is 1.80. The standard InChI is InChI=1S/C10H9N3O3S/c11-6-1-3-7(4-2-6)16-8-5-12-9(17-8)13-10(14)15/h1-5H,11H2,(H,12,13)(H,14,15). The molecule has 0 saturated heterocycles. The van der Waals surface area contributed by atoms with Gasteiger partial charge in [-0.15, -0.1) is 0 Å². The molecular formula is C10H9N3O3S. The molecule has 0 aliphatic carbocycles. The summed E-state index contributed by atoms with van der Waals surface area (Å²) in [6.45, 7) is 0. The fourth-order valence-corrected chi connectivity index (χ4v) is 1.79. The Balaban J connectivity index is 2.06. The third kappa shape index (κ3) is 3.08. The van der Waals surface area contributed by atoms with Crippen LogP contribution in [0.3, 0.4) is 0 Å². The molecule has 17 heavy (non-hydrogen) atoms. The first kappa shape index (κ1) is 11.2. The number of benzene rings is 1. The summed E-state index contributed by atoms with van der Waals surface area (Å²) in [5.74, 6) is 0.615. The molecule has 2 rings (SSSR count). The highest BCUT2D eigenvalue weighted by atomic mass is 32.1. The largest absolute Gasteiger partial charge is 0.465 e. The molecule has 2 aromatic rings. The molecule has 0 atom stereocenters. The van der Waals surface area contributed by atoms with Crippen molar-refractivity contribution in [2.75, 3.05) is 11.1 Å². The van der Waals surface area contributed by atoms with Gasteiger partial charge in [0.25, 0.3) is 0 Å². The summed E-state index contributed by atoms with van der Waals surface area (Å²) < 4.78 is 5.46. The van der Waals surface area contributed by atoms with Crippen molar-refractivity contribution in [1.82, 2.24) is 4.98 Å². The Morgan fingerprint density at radius 2 is 2.12 bits per heavy atom. The fourth-order valence-electron chi connectivity index (χ4n) is 1.11. The maximum absolute atomic E-state index is 10.4. The molecule has 6 nitrogen and oxygen atoms in total. The van der Waals surface area contributed by atoms with E-state index in [1.165, 1.54) is 6.20 Å². The van der Waals surface area contributed by atoms with Crippen LogP contribution in [0.2, 0.25) is 0 Å². The number of nitrogens with two attached hydrogens (primary N) is 1. The first-order valence-electron chi connectivity index (χ1n) is 4.62. The summed E-state index contributed by atoms with van der Waals surface area (Å²) in [4.78, 5) is 14.2. The molecule has 1 aromatic heterocycles. The van der Waals surface area contributed by atoms with Crippen molar-refractivity contribution >= 4 is 28.2 Å². The van der Waals surface area contributed by atoms with Gasteiger partial charge in [-0.05, 0) is 24.3 Å². The molecule has 0 bridgehead atoms. The van der Waals surface area contributed by atoms with E-state index in [2.05, 4.69) is 10.3 Å². The zero-order chi connectivity index (χ0) is 12.3. The maximum Gasteiger partial charge on any atom is 0.410 e. The predicted molar refractivity (Wildman–Crippen MR) is 64.7 cm³/mol. The molecule has 0 unspecified atom stereocenters. The van der Waals surface area contributed by atoms with Crippen LogP contribution in [-0.2, 0) is 0 Å². The molecule has 0 saturated carbocycles. The van der Waals surface area contributed by atoms with Crippen LogP contribution in [0, 0.1) is 0 Å². The molecule has 4 N–H and O–H groups in total. The average Bonchev–Trinajstić information content (AvgIpc) is 2.68. The lowest BCUT2D eigenvalue weighted by molar-refractivity contribution is 0.209. The van der Waals surface area contributed by atoms with Gasteiger partial charge in [0.05, 0.1) is 6.20 Å². The van der Waals surface area contributed by atoms with Crippen molar-refractivity contribution in [2.24, 2.45) is 0 Å². The number of nitrogens with one attached hydrogen (secondary N) is 1. The molecule has 0 fully saturated rings. The highest BCUT2D eigenvalue weighted by Gasteiger charge is 2.06. The van der Waals surface area contributed by atoms with Gasteiger partial charge in [0.15, 0.2) is 5.13 Å². The summed E-state index contributed by atoms with van der Waals surface area (Å²) in [5.41, 5.74) is 6.19. The van der Waals surface area contributed by atoms with Crippen molar-refractivity contribution in [3.8, 4) is 10.8 Å². The number of ether oxygens (including phenoxy) is 1. The van der Waals surface area contributed by atoms with Crippen molar-refractivity contribution in [1.29, 1.82) is 0 Å².